The molecule has 2 amide bonds. The van der Waals surface area contributed by atoms with Crippen LogP contribution in [0.15, 0.2) is 59.5 Å². The molecule has 0 spiro atoms. The predicted molar refractivity (Wildman–Crippen MR) is 116 cm³/mol. The lowest BCUT2D eigenvalue weighted by atomic mass is 10.1. The van der Waals surface area contributed by atoms with Gasteiger partial charge in [0, 0.05) is 31.7 Å². The van der Waals surface area contributed by atoms with Gasteiger partial charge in [-0.1, -0.05) is 30.3 Å². The third-order valence-corrected chi connectivity index (χ3v) is 6.27. The minimum Gasteiger partial charge on any atom is -0.462 e. The lowest BCUT2D eigenvalue weighted by Crippen LogP contribution is -2.51. The first-order valence-corrected chi connectivity index (χ1v) is 10.9. The summed E-state index contributed by atoms with van der Waals surface area (Å²) >= 11 is 1.32. The van der Waals surface area contributed by atoms with Crippen LogP contribution in [0.25, 0.3) is 22.0 Å². The lowest BCUT2D eigenvalue weighted by molar-refractivity contribution is -0.133. The minimum atomic E-state index is -0.0910. The van der Waals surface area contributed by atoms with Crippen molar-refractivity contribution in [3.63, 3.8) is 0 Å². The van der Waals surface area contributed by atoms with Gasteiger partial charge in [0.2, 0.25) is 5.91 Å². The van der Waals surface area contributed by atoms with Crippen LogP contribution in [-0.2, 0) is 11.3 Å². The molecule has 0 N–H and O–H groups in total. The van der Waals surface area contributed by atoms with Crippen molar-refractivity contribution in [2.75, 3.05) is 26.2 Å². The molecular formula is C21H19N7O3S. The highest BCUT2D eigenvalue weighted by Gasteiger charge is 2.29. The molecule has 0 radical (unpaired) electrons. The summed E-state index contributed by atoms with van der Waals surface area (Å²) in [5.41, 5.74) is 1.52. The number of thiazole rings is 1. The second kappa shape index (κ2) is 8.71. The number of aromatic nitrogens is 5. The van der Waals surface area contributed by atoms with E-state index in [0.29, 0.717) is 47.5 Å². The van der Waals surface area contributed by atoms with E-state index in [1.807, 2.05) is 36.4 Å². The summed E-state index contributed by atoms with van der Waals surface area (Å²) in [6.45, 7) is 1.89. The number of piperazine rings is 1. The Kier molecular flexibility index (Phi) is 5.46. The molecule has 4 heterocycles. The van der Waals surface area contributed by atoms with Gasteiger partial charge in [0.1, 0.15) is 17.7 Å². The number of benzene rings is 1. The summed E-state index contributed by atoms with van der Waals surface area (Å²) in [5, 5.41) is 11.5. The number of hydrogen-bond donors (Lipinski definition) is 0. The van der Waals surface area contributed by atoms with Gasteiger partial charge in [-0.25, -0.2) is 9.67 Å². The van der Waals surface area contributed by atoms with Crippen LogP contribution in [0.5, 0.6) is 0 Å². The van der Waals surface area contributed by atoms with Gasteiger partial charge >= 0.3 is 0 Å². The first kappa shape index (κ1) is 20.1. The van der Waals surface area contributed by atoms with E-state index >= 15 is 0 Å². The lowest BCUT2D eigenvalue weighted by Gasteiger charge is -2.34. The first-order valence-electron chi connectivity index (χ1n) is 10.1. The summed E-state index contributed by atoms with van der Waals surface area (Å²) in [6.07, 6.45) is 3.00. The molecule has 10 nitrogen and oxygen atoms in total. The second-order valence-electron chi connectivity index (χ2n) is 7.22. The minimum absolute atomic E-state index is 0.0766. The molecule has 1 aliphatic rings. The molecular weight excluding hydrogens is 430 g/mol. The number of tetrazole rings is 1. The topological polar surface area (TPSA) is 110 Å². The highest BCUT2D eigenvalue weighted by Crippen LogP contribution is 2.35. The number of carbonyl (C=O) groups is 2. The largest absolute Gasteiger partial charge is 0.462 e. The number of furan rings is 1. The van der Waals surface area contributed by atoms with E-state index in [9.17, 15) is 9.59 Å². The summed E-state index contributed by atoms with van der Waals surface area (Å²) in [5.74, 6) is 0.461. The molecule has 1 aliphatic heterocycles. The molecule has 0 saturated carbocycles. The van der Waals surface area contributed by atoms with Crippen LogP contribution in [0.3, 0.4) is 0 Å². The van der Waals surface area contributed by atoms with Crippen LogP contribution in [0.1, 0.15) is 9.67 Å². The summed E-state index contributed by atoms with van der Waals surface area (Å²) < 4.78 is 6.88. The molecule has 11 heteroatoms. The normalized spacial score (nSPS) is 14.0. The van der Waals surface area contributed by atoms with Crippen LogP contribution in [0.2, 0.25) is 0 Å². The monoisotopic (exact) mass is 449 g/mol. The van der Waals surface area contributed by atoms with Crippen LogP contribution in [0.4, 0.5) is 0 Å². The van der Waals surface area contributed by atoms with Gasteiger partial charge in [0.15, 0.2) is 10.8 Å². The molecule has 5 rings (SSSR count). The standard InChI is InChI=1S/C21H19N7O3S/c29-17(13-28-14-22-24-25-28)26-8-10-27(11-9-26)21(30)19-18(15-5-2-1-3-6-15)23-20(32-19)16-7-4-12-31-16/h1-7,12,14H,8-11,13H2. The Morgan fingerprint density at radius 3 is 2.47 bits per heavy atom. The van der Waals surface area contributed by atoms with Gasteiger partial charge < -0.3 is 14.2 Å². The van der Waals surface area contributed by atoms with E-state index < -0.39 is 0 Å². The quantitative estimate of drug-likeness (QED) is 0.458. The Morgan fingerprint density at radius 2 is 1.78 bits per heavy atom. The van der Waals surface area contributed by atoms with Crippen molar-refractivity contribution in [3.05, 3.63) is 59.9 Å². The van der Waals surface area contributed by atoms with E-state index in [1.54, 1.807) is 22.1 Å². The van der Waals surface area contributed by atoms with Gasteiger partial charge in [0.05, 0.1) is 12.0 Å². The Hall–Kier alpha value is -3.86. The Balaban J connectivity index is 1.34. The number of hydrogen-bond acceptors (Lipinski definition) is 8. The molecule has 4 aromatic rings. The maximum atomic E-state index is 13.4. The fraction of sp³-hybridized carbons (Fsp3) is 0.238. The average molecular weight is 449 g/mol. The number of rotatable bonds is 5. The van der Waals surface area contributed by atoms with Crippen molar-refractivity contribution >= 4 is 23.2 Å². The van der Waals surface area contributed by atoms with Crippen molar-refractivity contribution in [2.45, 2.75) is 6.54 Å². The third-order valence-electron chi connectivity index (χ3n) is 5.21. The van der Waals surface area contributed by atoms with E-state index in [1.165, 1.54) is 22.3 Å². The zero-order valence-electron chi connectivity index (χ0n) is 17.0. The SMILES string of the molecule is O=C(Cn1cnnn1)N1CCN(C(=O)c2sc(-c3ccco3)nc2-c2ccccc2)CC1. The van der Waals surface area contributed by atoms with Gasteiger partial charge in [-0.3, -0.25) is 9.59 Å². The summed E-state index contributed by atoms with van der Waals surface area (Å²) in [6, 6.07) is 13.3. The van der Waals surface area contributed by atoms with Crippen molar-refractivity contribution in [3.8, 4) is 22.0 Å². The van der Waals surface area contributed by atoms with Crippen molar-refractivity contribution in [2.24, 2.45) is 0 Å². The molecule has 1 fully saturated rings. The Labute approximate surface area is 187 Å². The van der Waals surface area contributed by atoms with E-state index in [2.05, 4.69) is 15.5 Å². The van der Waals surface area contributed by atoms with Crippen LogP contribution in [0, 0.1) is 0 Å². The van der Waals surface area contributed by atoms with Crippen LogP contribution < -0.4 is 0 Å². The van der Waals surface area contributed by atoms with Crippen molar-refractivity contribution in [1.29, 1.82) is 0 Å². The molecule has 3 aromatic heterocycles. The van der Waals surface area contributed by atoms with Gasteiger partial charge in [-0.2, -0.15) is 0 Å². The molecule has 0 unspecified atom stereocenters. The molecule has 1 saturated heterocycles. The maximum Gasteiger partial charge on any atom is 0.266 e. The first-order chi connectivity index (χ1) is 15.7. The molecule has 162 valence electrons. The second-order valence-corrected chi connectivity index (χ2v) is 8.22. The highest BCUT2D eigenvalue weighted by molar-refractivity contribution is 7.17. The number of amides is 2. The Morgan fingerprint density at radius 1 is 1.00 bits per heavy atom. The van der Waals surface area contributed by atoms with E-state index in [0.717, 1.165) is 5.56 Å². The Bertz CT molecular complexity index is 1200. The maximum absolute atomic E-state index is 13.4. The van der Waals surface area contributed by atoms with E-state index in [-0.39, 0.29) is 18.4 Å². The number of nitrogens with zero attached hydrogens (tertiary/aromatic N) is 7. The zero-order valence-corrected chi connectivity index (χ0v) is 17.8. The average Bonchev–Trinajstić information content (AvgIpc) is 3.61. The molecule has 0 bridgehead atoms. The molecule has 0 atom stereocenters. The smallest absolute Gasteiger partial charge is 0.266 e. The van der Waals surface area contributed by atoms with Crippen LogP contribution >= 0.6 is 11.3 Å². The summed E-state index contributed by atoms with van der Waals surface area (Å²) in [7, 11) is 0. The number of carbonyl (C=O) groups excluding carboxylic acids is 2. The zero-order chi connectivity index (χ0) is 21.9. The van der Waals surface area contributed by atoms with Crippen molar-refractivity contribution < 1.29 is 14.0 Å². The fourth-order valence-electron chi connectivity index (χ4n) is 3.56. The summed E-state index contributed by atoms with van der Waals surface area (Å²) in [4.78, 5) is 34.7. The van der Waals surface area contributed by atoms with Crippen LogP contribution in [-0.4, -0.2) is 73.0 Å². The highest BCUT2D eigenvalue weighted by atomic mass is 32.1. The molecule has 32 heavy (non-hydrogen) atoms. The van der Waals surface area contributed by atoms with Gasteiger partial charge in [-0.05, 0) is 22.6 Å². The third kappa shape index (κ3) is 4.02. The van der Waals surface area contributed by atoms with Gasteiger partial charge in [-0.15, -0.1) is 16.4 Å². The predicted octanol–water partition coefficient (Wildman–Crippen LogP) is 2.04. The van der Waals surface area contributed by atoms with E-state index in [4.69, 9.17) is 9.40 Å². The molecule has 0 aliphatic carbocycles. The van der Waals surface area contributed by atoms with Gasteiger partial charge in [0.25, 0.3) is 5.91 Å². The molecule has 1 aromatic carbocycles. The van der Waals surface area contributed by atoms with Crippen molar-refractivity contribution in [1.82, 2.24) is 35.0 Å². The fourth-order valence-corrected chi connectivity index (χ4v) is 4.58.